The predicted molar refractivity (Wildman–Crippen MR) is 209 cm³/mol. The van der Waals surface area contributed by atoms with Crippen LogP contribution in [0.2, 0.25) is 0 Å². The smallest absolute Gasteiger partial charge is 0.471 e. The van der Waals surface area contributed by atoms with Crippen LogP contribution >= 0.6 is 0 Å². The number of rotatable bonds is 10. The van der Waals surface area contributed by atoms with Crippen LogP contribution in [-0.2, 0) is 16.0 Å². The average molecular weight is 826 g/mol. The Kier molecular flexibility index (Phi) is 10.7. The van der Waals surface area contributed by atoms with Crippen LogP contribution in [-0.4, -0.2) is 125 Å². The summed E-state index contributed by atoms with van der Waals surface area (Å²) in [5, 5.41) is 1.29. The van der Waals surface area contributed by atoms with Gasteiger partial charge in [-0.25, -0.2) is 18.6 Å². The average Bonchev–Trinajstić information content (AvgIpc) is 3.84. The third-order valence-electron chi connectivity index (χ3n) is 12.3. The molecule has 4 aliphatic rings. The highest BCUT2D eigenvalue weighted by Gasteiger charge is 2.53. The monoisotopic (exact) mass is 825 g/mol. The van der Waals surface area contributed by atoms with E-state index in [9.17, 15) is 22.8 Å². The topological polar surface area (TPSA) is 113 Å². The molecule has 4 atom stereocenters. The second-order valence-corrected chi connectivity index (χ2v) is 16.6. The Morgan fingerprint density at radius 2 is 1.73 bits per heavy atom. The van der Waals surface area contributed by atoms with E-state index < -0.39 is 53.5 Å². The van der Waals surface area contributed by atoms with Crippen molar-refractivity contribution in [1.82, 2.24) is 29.7 Å². The highest BCUT2D eigenvalue weighted by Crippen LogP contribution is 2.45. The minimum Gasteiger partial charge on any atom is -0.474 e. The highest BCUT2D eigenvalue weighted by atomic mass is 19.4. The van der Waals surface area contributed by atoms with Gasteiger partial charge in [-0.3, -0.25) is 9.69 Å². The number of pyridine rings is 1. The predicted octanol–water partition coefficient (Wildman–Crippen LogP) is 7.29. The van der Waals surface area contributed by atoms with Gasteiger partial charge in [-0.1, -0.05) is 31.2 Å². The summed E-state index contributed by atoms with van der Waals surface area (Å²) in [6.45, 7) is 6.49. The summed E-state index contributed by atoms with van der Waals surface area (Å²) in [6.07, 6.45) is -1.68. The molecule has 2 amide bonds. The quantitative estimate of drug-likeness (QED) is 0.151. The van der Waals surface area contributed by atoms with Crippen LogP contribution in [0.3, 0.4) is 0 Å². The number of hydrogen-bond donors (Lipinski definition) is 0. The van der Waals surface area contributed by atoms with Crippen molar-refractivity contribution in [2.24, 2.45) is 0 Å². The fraction of sp³-hybridized carbons (Fsp3) is 0.548. The van der Waals surface area contributed by atoms with Crippen molar-refractivity contribution in [3.63, 3.8) is 0 Å². The zero-order chi connectivity index (χ0) is 42.0. The van der Waals surface area contributed by atoms with Gasteiger partial charge in [0, 0.05) is 38.8 Å². The number of aromatic nitrogens is 3. The summed E-state index contributed by atoms with van der Waals surface area (Å²) in [7, 11) is 3.25. The lowest BCUT2D eigenvalue weighted by Crippen LogP contribution is -2.59. The number of hydrogen-bond acceptors (Lipinski definition) is 10. The van der Waals surface area contributed by atoms with Crippen molar-refractivity contribution in [3.05, 3.63) is 47.5 Å². The Morgan fingerprint density at radius 1 is 0.983 bits per heavy atom. The molecule has 0 saturated carbocycles. The van der Waals surface area contributed by atoms with E-state index >= 15 is 8.78 Å². The number of halogens is 5. The van der Waals surface area contributed by atoms with Gasteiger partial charge in [0.1, 0.15) is 41.4 Å². The Labute approximate surface area is 338 Å². The van der Waals surface area contributed by atoms with Crippen molar-refractivity contribution < 1.29 is 45.8 Å². The maximum Gasteiger partial charge on any atom is 0.471 e. The molecule has 0 N–H and O–H groups in total. The second-order valence-electron chi connectivity index (χ2n) is 16.6. The van der Waals surface area contributed by atoms with E-state index in [0.29, 0.717) is 41.2 Å². The Balaban J connectivity index is 1.24. The summed E-state index contributed by atoms with van der Waals surface area (Å²) < 4.78 is 92.3. The standard InChI is InChI=1S/C42H48F5N7O5/c1-6-28-30(43)14-11-24-9-7-10-29(31(24)28)34-33(44)35-32(37(48-34)59-23(2)3)36(52-19-25-12-13-26(20-52)54(25)38(55)42(45,46)47)50-39(49-35)58-22-41-16-8-18-53(41)27(15-17-41)21-57-40(56)51(4)5/h7,9-11,14,23,25-27H,6,8,12-13,15-22H2,1-5H3/t25?,26?,27-,41-/m1/s1. The van der Waals surface area contributed by atoms with Crippen LogP contribution in [0.15, 0.2) is 30.3 Å². The van der Waals surface area contributed by atoms with Crippen LogP contribution in [0.5, 0.6) is 11.9 Å². The molecule has 316 valence electrons. The number of benzene rings is 2. The van der Waals surface area contributed by atoms with Gasteiger partial charge in [0.05, 0.1) is 23.7 Å². The van der Waals surface area contributed by atoms with Crippen LogP contribution in [0.25, 0.3) is 32.9 Å². The van der Waals surface area contributed by atoms with Gasteiger partial charge in [0.2, 0.25) is 5.88 Å². The fourth-order valence-corrected chi connectivity index (χ4v) is 9.69. The van der Waals surface area contributed by atoms with Gasteiger partial charge >= 0.3 is 24.2 Å². The van der Waals surface area contributed by atoms with E-state index in [1.165, 1.54) is 11.0 Å². The molecule has 0 aliphatic carbocycles. The second kappa shape index (κ2) is 15.5. The normalized spacial score (nSPS) is 23.1. The van der Waals surface area contributed by atoms with Crippen molar-refractivity contribution in [2.75, 3.05) is 51.8 Å². The summed E-state index contributed by atoms with van der Waals surface area (Å²) >= 11 is 0. The number of amides is 2. The molecule has 2 bridgehead atoms. The Morgan fingerprint density at radius 3 is 2.41 bits per heavy atom. The lowest BCUT2D eigenvalue weighted by atomic mass is 9.95. The van der Waals surface area contributed by atoms with Gasteiger partial charge in [-0.2, -0.15) is 23.1 Å². The maximum atomic E-state index is 17.5. The van der Waals surface area contributed by atoms with Gasteiger partial charge in [0.15, 0.2) is 5.82 Å². The molecule has 0 radical (unpaired) electrons. The first kappa shape index (κ1) is 40.7. The number of piperazine rings is 1. The van der Waals surface area contributed by atoms with E-state index in [0.717, 1.165) is 37.1 Å². The molecular formula is C42H48F5N7O5. The number of carbonyl (C=O) groups is 2. The van der Waals surface area contributed by atoms with Crippen LogP contribution in [0.1, 0.15) is 64.9 Å². The molecule has 4 saturated heterocycles. The number of anilines is 1. The van der Waals surface area contributed by atoms with Crippen molar-refractivity contribution >= 4 is 39.5 Å². The van der Waals surface area contributed by atoms with Crippen molar-refractivity contribution in [2.45, 2.75) is 102 Å². The molecule has 12 nitrogen and oxygen atoms in total. The van der Waals surface area contributed by atoms with Crippen molar-refractivity contribution in [1.29, 1.82) is 0 Å². The van der Waals surface area contributed by atoms with Gasteiger partial charge in [0.25, 0.3) is 0 Å². The SMILES string of the molecule is CCc1c(F)ccc2cccc(-c3nc(OC(C)C)c4c(N5CC6CCC(C5)N6C(=O)C(F)(F)F)nc(OC[C@]56CCCN5[C@@H](COC(=O)N(C)C)CC6)nc4c3F)c12. The van der Waals surface area contributed by atoms with E-state index in [-0.39, 0.29) is 66.7 Å². The molecule has 2 aromatic heterocycles. The summed E-state index contributed by atoms with van der Waals surface area (Å²) in [5.41, 5.74) is -0.0000724. The van der Waals surface area contributed by atoms with Gasteiger partial charge < -0.3 is 28.9 Å². The minimum absolute atomic E-state index is 0.00739. The number of alkyl halides is 3. The van der Waals surface area contributed by atoms with Crippen LogP contribution in [0.4, 0.5) is 32.6 Å². The minimum atomic E-state index is -5.03. The molecule has 6 heterocycles. The maximum absolute atomic E-state index is 17.5. The number of carbonyl (C=O) groups excluding carboxylic acids is 2. The van der Waals surface area contributed by atoms with Gasteiger partial charge in [-0.15, -0.1) is 0 Å². The summed E-state index contributed by atoms with van der Waals surface area (Å²) in [4.78, 5) is 45.5. The third kappa shape index (κ3) is 7.33. The first-order chi connectivity index (χ1) is 28.1. The number of aryl methyl sites for hydroxylation is 1. The molecule has 59 heavy (non-hydrogen) atoms. The summed E-state index contributed by atoms with van der Waals surface area (Å²) in [6, 6.07) is 6.52. The molecule has 4 aromatic rings. The van der Waals surface area contributed by atoms with E-state index in [1.54, 1.807) is 51.0 Å². The summed E-state index contributed by atoms with van der Waals surface area (Å²) in [5.74, 6) is -3.00. The molecule has 8 rings (SSSR count). The fourth-order valence-electron chi connectivity index (χ4n) is 9.69. The van der Waals surface area contributed by atoms with E-state index in [4.69, 9.17) is 24.2 Å². The molecule has 4 fully saturated rings. The van der Waals surface area contributed by atoms with Crippen molar-refractivity contribution in [3.8, 4) is 23.1 Å². The lowest BCUT2D eigenvalue weighted by molar-refractivity contribution is -0.188. The Hall–Kier alpha value is -5.06. The molecule has 2 aromatic carbocycles. The molecule has 17 heteroatoms. The van der Waals surface area contributed by atoms with Crippen LogP contribution < -0.4 is 14.4 Å². The molecular weight excluding hydrogens is 777 g/mol. The first-order valence-corrected chi connectivity index (χ1v) is 20.3. The zero-order valence-electron chi connectivity index (χ0n) is 33.7. The lowest BCUT2D eigenvalue weighted by Gasteiger charge is -2.42. The number of nitrogens with zero attached hydrogens (tertiary/aromatic N) is 7. The molecule has 2 unspecified atom stereocenters. The molecule has 4 aliphatic heterocycles. The zero-order valence-corrected chi connectivity index (χ0v) is 33.7. The Bertz CT molecular complexity index is 2280. The third-order valence-corrected chi connectivity index (χ3v) is 12.3. The largest absolute Gasteiger partial charge is 0.474 e. The first-order valence-electron chi connectivity index (χ1n) is 20.3. The molecule has 0 spiro atoms. The van der Waals surface area contributed by atoms with E-state index in [2.05, 4.69) is 9.88 Å². The van der Waals surface area contributed by atoms with Crippen LogP contribution in [0, 0.1) is 11.6 Å². The highest BCUT2D eigenvalue weighted by molar-refractivity contribution is 6.02. The number of fused-ring (bicyclic) bond motifs is 5. The number of ether oxygens (including phenoxy) is 3. The van der Waals surface area contributed by atoms with E-state index in [1.807, 2.05) is 13.0 Å². The van der Waals surface area contributed by atoms with Gasteiger partial charge in [-0.05, 0) is 87.7 Å².